The van der Waals surface area contributed by atoms with Crippen LogP contribution in [0.4, 0.5) is 11.4 Å². The predicted molar refractivity (Wildman–Crippen MR) is 124 cm³/mol. The quantitative estimate of drug-likeness (QED) is 0.274. The van der Waals surface area contributed by atoms with Gasteiger partial charge in [-0.1, -0.05) is 0 Å². The Labute approximate surface area is 194 Å². The van der Waals surface area contributed by atoms with Gasteiger partial charge in [0, 0.05) is 21.8 Å². The average Bonchev–Trinajstić information content (AvgIpc) is 3.43. The molecule has 0 unspecified atom stereocenters. The van der Waals surface area contributed by atoms with Crippen LogP contribution in [0.15, 0.2) is 63.2 Å². The summed E-state index contributed by atoms with van der Waals surface area (Å²) >= 11 is 1.13. The summed E-state index contributed by atoms with van der Waals surface area (Å²) in [5.74, 6) is 0.697. The van der Waals surface area contributed by atoms with E-state index in [4.69, 9.17) is 14.3 Å². The molecule has 1 amide bonds. The monoisotopic (exact) mass is 488 g/mol. The summed E-state index contributed by atoms with van der Waals surface area (Å²) in [6.07, 6.45) is 0. The average molecular weight is 489 g/mol. The molecule has 0 aliphatic carbocycles. The van der Waals surface area contributed by atoms with Crippen molar-refractivity contribution in [1.82, 2.24) is 5.48 Å². The van der Waals surface area contributed by atoms with Crippen molar-refractivity contribution in [1.29, 1.82) is 0 Å². The van der Waals surface area contributed by atoms with Crippen molar-refractivity contribution in [3.05, 3.63) is 65.0 Å². The molecule has 10 nitrogen and oxygen atoms in total. The molecule has 0 spiro atoms. The molecule has 172 valence electrons. The van der Waals surface area contributed by atoms with Crippen LogP contribution in [0, 0.1) is 6.92 Å². The van der Waals surface area contributed by atoms with Crippen molar-refractivity contribution < 1.29 is 27.5 Å². The summed E-state index contributed by atoms with van der Waals surface area (Å²) in [5.41, 5.74) is 3.92. The number of sulfonamides is 1. The zero-order valence-corrected chi connectivity index (χ0v) is 19.2. The van der Waals surface area contributed by atoms with Crippen LogP contribution >= 0.6 is 11.3 Å². The number of benzene rings is 2. The summed E-state index contributed by atoms with van der Waals surface area (Å²) in [6, 6.07) is 14.8. The molecule has 4 rings (SSSR count). The number of carbonyl (C=O) groups excluding carboxylic acids is 1. The van der Waals surface area contributed by atoms with Crippen LogP contribution in [-0.2, 0) is 14.9 Å². The summed E-state index contributed by atoms with van der Waals surface area (Å²) in [5, 5.41) is 5.64. The fourth-order valence-electron chi connectivity index (χ4n) is 2.89. The molecule has 0 radical (unpaired) electrons. The third-order valence-corrected chi connectivity index (χ3v) is 7.17. The molecule has 33 heavy (non-hydrogen) atoms. The highest BCUT2D eigenvalue weighted by molar-refractivity contribution is 7.92. The maximum Gasteiger partial charge on any atom is 0.295 e. The van der Waals surface area contributed by atoms with Crippen molar-refractivity contribution in [2.24, 2.45) is 4.40 Å². The maximum absolute atomic E-state index is 12.5. The number of aryl methyl sites for hydroxylation is 1. The highest BCUT2D eigenvalue weighted by Crippen LogP contribution is 2.32. The van der Waals surface area contributed by atoms with Gasteiger partial charge in [-0.05, 0) is 61.5 Å². The lowest BCUT2D eigenvalue weighted by atomic mass is 10.2. The van der Waals surface area contributed by atoms with E-state index in [1.165, 1.54) is 13.2 Å². The Kier molecular flexibility index (Phi) is 6.49. The molecule has 1 aliphatic rings. The Balaban J connectivity index is 1.45. The van der Waals surface area contributed by atoms with E-state index in [0.29, 0.717) is 28.4 Å². The Bertz CT molecular complexity index is 1300. The van der Waals surface area contributed by atoms with Crippen LogP contribution in [0.5, 0.6) is 11.5 Å². The SMILES string of the molecule is CONC(=NS(=O)(=O)c1ccc(C)s1)Nc1ccc(NC(=O)c2ccc3c(c2)OCO3)cc1. The molecule has 1 aliphatic heterocycles. The number of nitrogens with zero attached hydrogens (tertiary/aromatic N) is 1. The smallest absolute Gasteiger partial charge is 0.295 e. The second-order valence-corrected chi connectivity index (χ2v) is 9.93. The van der Waals surface area contributed by atoms with E-state index < -0.39 is 10.0 Å². The molecular formula is C21H20N4O6S2. The fourth-order valence-corrected chi connectivity index (χ4v) is 5.06. The zero-order valence-electron chi connectivity index (χ0n) is 17.6. The van der Waals surface area contributed by atoms with E-state index in [0.717, 1.165) is 16.2 Å². The number of hydrogen-bond donors (Lipinski definition) is 3. The van der Waals surface area contributed by atoms with Gasteiger partial charge in [0.05, 0.1) is 7.11 Å². The number of thiophene rings is 1. The van der Waals surface area contributed by atoms with Crippen LogP contribution < -0.4 is 25.6 Å². The lowest BCUT2D eigenvalue weighted by molar-refractivity contribution is 0.102. The molecule has 3 N–H and O–H groups in total. The Morgan fingerprint density at radius 2 is 1.70 bits per heavy atom. The number of carbonyl (C=O) groups is 1. The van der Waals surface area contributed by atoms with Gasteiger partial charge in [0.25, 0.3) is 15.9 Å². The van der Waals surface area contributed by atoms with E-state index in [1.807, 2.05) is 6.92 Å². The predicted octanol–water partition coefficient (Wildman–Crippen LogP) is 3.35. The zero-order chi connectivity index (χ0) is 23.4. The minimum Gasteiger partial charge on any atom is -0.454 e. The van der Waals surface area contributed by atoms with Gasteiger partial charge in [0.1, 0.15) is 4.21 Å². The topological polar surface area (TPSA) is 127 Å². The minimum atomic E-state index is -3.91. The lowest BCUT2D eigenvalue weighted by Crippen LogP contribution is -2.30. The number of rotatable bonds is 6. The number of guanidine groups is 1. The lowest BCUT2D eigenvalue weighted by Gasteiger charge is -2.11. The van der Waals surface area contributed by atoms with Crippen LogP contribution in [0.25, 0.3) is 0 Å². The molecule has 2 aromatic carbocycles. The second kappa shape index (κ2) is 9.48. The van der Waals surface area contributed by atoms with Crippen LogP contribution in [0.3, 0.4) is 0 Å². The van der Waals surface area contributed by atoms with Gasteiger partial charge in [-0.2, -0.15) is 8.42 Å². The molecule has 0 saturated carbocycles. The molecule has 0 fully saturated rings. The van der Waals surface area contributed by atoms with Gasteiger partial charge >= 0.3 is 0 Å². The van der Waals surface area contributed by atoms with Gasteiger partial charge < -0.3 is 20.1 Å². The van der Waals surface area contributed by atoms with Gasteiger partial charge in [0.15, 0.2) is 11.5 Å². The molecule has 3 aromatic rings. The number of fused-ring (bicyclic) bond motifs is 1. The van der Waals surface area contributed by atoms with E-state index >= 15 is 0 Å². The summed E-state index contributed by atoms with van der Waals surface area (Å²) < 4.78 is 39.5. The first-order chi connectivity index (χ1) is 15.8. The van der Waals surface area contributed by atoms with Crippen molar-refractivity contribution in [3.63, 3.8) is 0 Å². The summed E-state index contributed by atoms with van der Waals surface area (Å²) in [6.45, 7) is 1.94. The first-order valence-electron chi connectivity index (χ1n) is 9.62. The highest BCUT2D eigenvalue weighted by Gasteiger charge is 2.18. The molecule has 0 atom stereocenters. The van der Waals surface area contributed by atoms with Crippen LogP contribution in [0.2, 0.25) is 0 Å². The Morgan fingerprint density at radius 1 is 1.00 bits per heavy atom. The summed E-state index contributed by atoms with van der Waals surface area (Å²) in [4.78, 5) is 18.2. The van der Waals surface area contributed by atoms with E-state index in [9.17, 15) is 13.2 Å². The second-order valence-electron chi connectivity index (χ2n) is 6.81. The first-order valence-corrected chi connectivity index (χ1v) is 11.9. The summed E-state index contributed by atoms with van der Waals surface area (Å²) in [7, 11) is -2.57. The Morgan fingerprint density at radius 3 is 2.36 bits per heavy atom. The van der Waals surface area contributed by atoms with Gasteiger partial charge in [-0.25, -0.2) is 5.48 Å². The largest absolute Gasteiger partial charge is 0.454 e. The minimum absolute atomic E-state index is 0.110. The van der Waals surface area contributed by atoms with Crippen LogP contribution in [0.1, 0.15) is 15.2 Å². The molecule has 2 heterocycles. The van der Waals surface area contributed by atoms with Gasteiger partial charge in [0.2, 0.25) is 12.8 Å². The number of amides is 1. The number of ether oxygens (including phenoxy) is 2. The number of anilines is 2. The molecule has 0 bridgehead atoms. The van der Waals surface area contributed by atoms with E-state index in [1.54, 1.807) is 48.5 Å². The van der Waals surface area contributed by atoms with Crippen LogP contribution in [-0.4, -0.2) is 34.2 Å². The normalized spacial score (nSPS) is 13.0. The maximum atomic E-state index is 12.5. The third kappa shape index (κ3) is 5.42. The third-order valence-electron chi connectivity index (χ3n) is 4.42. The van der Waals surface area contributed by atoms with Gasteiger partial charge in [-0.3, -0.25) is 9.63 Å². The van der Waals surface area contributed by atoms with Gasteiger partial charge in [-0.15, -0.1) is 15.7 Å². The molecule has 1 aromatic heterocycles. The number of hydrogen-bond acceptors (Lipinski definition) is 7. The van der Waals surface area contributed by atoms with E-state index in [-0.39, 0.29) is 22.9 Å². The Hall–Kier alpha value is -3.61. The highest BCUT2D eigenvalue weighted by atomic mass is 32.2. The van der Waals surface area contributed by atoms with Crippen molar-refractivity contribution in [2.45, 2.75) is 11.1 Å². The van der Waals surface area contributed by atoms with E-state index in [2.05, 4.69) is 20.5 Å². The number of hydroxylamine groups is 1. The standard InChI is InChI=1S/C21H20N4O6S2/c1-13-3-10-19(32-13)33(27,28)25-21(24-29-2)23-16-7-5-15(6-8-16)22-20(26)14-4-9-17-18(11-14)31-12-30-17/h3-11H,12H2,1-2H3,(H,22,26)(H2,23,24,25). The molecule has 12 heteroatoms. The van der Waals surface area contributed by atoms with Crippen molar-refractivity contribution in [3.8, 4) is 11.5 Å². The van der Waals surface area contributed by atoms with Crippen molar-refractivity contribution in [2.75, 3.05) is 24.5 Å². The molecular weight excluding hydrogens is 468 g/mol. The van der Waals surface area contributed by atoms with Crippen molar-refractivity contribution >= 4 is 44.6 Å². The first kappa shape index (κ1) is 22.6. The number of nitrogens with one attached hydrogen (secondary N) is 3. The molecule has 0 saturated heterocycles. The fraction of sp³-hybridized carbons (Fsp3) is 0.143.